The lowest BCUT2D eigenvalue weighted by molar-refractivity contribution is -0.107. The van der Waals surface area contributed by atoms with Crippen LogP contribution in [0.2, 0.25) is 5.02 Å². The van der Waals surface area contributed by atoms with Crippen LogP contribution in [0, 0.1) is 11.3 Å². The van der Waals surface area contributed by atoms with Crippen molar-refractivity contribution >= 4 is 40.3 Å². The molecule has 0 aliphatic heterocycles. The van der Waals surface area contributed by atoms with Crippen LogP contribution >= 0.6 is 11.6 Å². The number of fused-ring (bicyclic) bond motifs is 1. The molecular weight excluding hydrogens is 402 g/mol. The average molecular weight is 416 g/mol. The zero-order valence-electron chi connectivity index (χ0n) is 15.5. The molecule has 4 aromatic rings. The third kappa shape index (κ3) is 4.14. The number of hydrogen-bond donors (Lipinski definition) is 1. The zero-order valence-corrected chi connectivity index (χ0v) is 16.2. The second-order valence-electron chi connectivity index (χ2n) is 6.20. The van der Waals surface area contributed by atoms with Gasteiger partial charge in [0.25, 0.3) is 0 Å². The van der Waals surface area contributed by atoms with E-state index in [9.17, 15) is 4.79 Å². The molecule has 0 unspecified atom stereocenters. The number of nitriles is 1. The van der Waals surface area contributed by atoms with E-state index in [1.54, 1.807) is 36.5 Å². The van der Waals surface area contributed by atoms with Crippen molar-refractivity contribution in [1.29, 1.82) is 5.26 Å². The first-order valence-corrected chi connectivity index (χ1v) is 9.23. The molecule has 1 N–H and O–H groups in total. The van der Waals surface area contributed by atoms with Gasteiger partial charge in [-0.3, -0.25) is 15.2 Å². The summed E-state index contributed by atoms with van der Waals surface area (Å²) in [4.78, 5) is 19.9. The van der Waals surface area contributed by atoms with Crippen LogP contribution < -0.4 is 15.2 Å². The van der Waals surface area contributed by atoms with Crippen LogP contribution in [-0.2, 0) is 4.79 Å². The molecule has 0 saturated carbocycles. The topological polar surface area (TPSA) is 91.1 Å². The summed E-state index contributed by atoms with van der Waals surface area (Å²) in [5.74, 6) is 0.952. The molecule has 0 atom stereocenters. The van der Waals surface area contributed by atoms with E-state index in [0.717, 1.165) is 10.9 Å². The lowest BCUT2D eigenvalue weighted by Gasteiger charge is -2.21. The van der Waals surface area contributed by atoms with Gasteiger partial charge in [-0.1, -0.05) is 17.7 Å². The zero-order chi connectivity index (χ0) is 20.9. The van der Waals surface area contributed by atoms with E-state index in [2.05, 4.69) is 15.4 Å². The van der Waals surface area contributed by atoms with E-state index in [0.29, 0.717) is 34.3 Å². The molecule has 0 saturated heterocycles. The van der Waals surface area contributed by atoms with Gasteiger partial charge in [-0.2, -0.15) is 5.26 Å². The van der Waals surface area contributed by atoms with Crippen molar-refractivity contribution in [2.75, 3.05) is 10.4 Å². The third-order valence-corrected chi connectivity index (χ3v) is 4.55. The number of nitrogens with one attached hydrogen (secondary N) is 1. The van der Waals surface area contributed by atoms with Gasteiger partial charge >= 0.3 is 0 Å². The van der Waals surface area contributed by atoms with E-state index in [4.69, 9.17) is 21.6 Å². The quantitative estimate of drug-likeness (QED) is 0.354. The van der Waals surface area contributed by atoms with Crippen molar-refractivity contribution in [1.82, 2.24) is 9.97 Å². The van der Waals surface area contributed by atoms with Crippen LogP contribution in [0.5, 0.6) is 11.5 Å². The number of amides is 1. The van der Waals surface area contributed by atoms with Crippen molar-refractivity contribution in [2.24, 2.45) is 0 Å². The molecular formula is C22H14ClN5O2. The Morgan fingerprint density at radius 3 is 2.70 bits per heavy atom. The van der Waals surface area contributed by atoms with E-state index >= 15 is 0 Å². The molecule has 0 aliphatic rings. The Kier molecular flexibility index (Phi) is 5.42. The minimum atomic E-state index is 0.254. The number of pyridine rings is 2. The molecule has 2 heterocycles. The standard InChI is InChI=1S/C22H14ClN5O2/c23-20-12-18(30-19-7-9-25-16(11-19)13-24)4-6-22(20)27-28(14-29)17-3-5-21-15(10-17)2-1-8-26-21/h1-12,14,27H. The molecule has 7 nitrogen and oxygen atoms in total. The first kappa shape index (κ1) is 19.2. The number of halogens is 1. The number of aromatic nitrogens is 2. The number of ether oxygens (including phenoxy) is 1. The molecule has 0 radical (unpaired) electrons. The average Bonchev–Trinajstić information content (AvgIpc) is 2.78. The highest BCUT2D eigenvalue weighted by atomic mass is 35.5. The molecule has 2 aromatic heterocycles. The summed E-state index contributed by atoms with van der Waals surface area (Å²) in [5.41, 5.74) is 5.25. The first-order valence-electron chi connectivity index (χ1n) is 8.86. The first-order chi connectivity index (χ1) is 14.7. The van der Waals surface area contributed by atoms with Crippen LogP contribution in [0.25, 0.3) is 10.9 Å². The monoisotopic (exact) mass is 415 g/mol. The Bertz CT molecular complexity index is 1270. The highest BCUT2D eigenvalue weighted by molar-refractivity contribution is 6.33. The second-order valence-corrected chi connectivity index (χ2v) is 6.61. The predicted octanol–water partition coefficient (Wildman–Crippen LogP) is 4.94. The van der Waals surface area contributed by atoms with Crippen molar-refractivity contribution in [2.45, 2.75) is 0 Å². The lowest BCUT2D eigenvalue weighted by atomic mass is 10.2. The molecule has 4 rings (SSSR count). The fraction of sp³-hybridized carbons (Fsp3) is 0. The van der Waals surface area contributed by atoms with E-state index in [1.807, 2.05) is 30.3 Å². The molecule has 2 aromatic carbocycles. The number of nitrogens with zero attached hydrogens (tertiary/aromatic N) is 4. The van der Waals surface area contributed by atoms with Gasteiger partial charge in [0, 0.05) is 29.9 Å². The summed E-state index contributed by atoms with van der Waals surface area (Å²) in [5, 5.41) is 11.5. The third-order valence-electron chi connectivity index (χ3n) is 4.23. The molecule has 0 spiro atoms. The number of carbonyl (C=O) groups excluding carboxylic acids is 1. The van der Waals surface area contributed by atoms with Crippen molar-refractivity contribution in [3.63, 3.8) is 0 Å². The molecule has 1 amide bonds. The van der Waals surface area contributed by atoms with Crippen LogP contribution in [0.3, 0.4) is 0 Å². The minimum absolute atomic E-state index is 0.254. The van der Waals surface area contributed by atoms with E-state index in [1.165, 1.54) is 17.3 Å². The highest BCUT2D eigenvalue weighted by Gasteiger charge is 2.10. The Morgan fingerprint density at radius 2 is 1.90 bits per heavy atom. The molecule has 0 bridgehead atoms. The summed E-state index contributed by atoms with van der Waals surface area (Å²) in [6.45, 7) is 0. The maximum absolute atomic E-state index is 11.7. The number of carbonyl (C=O) groups is 1. The normalized spacial score (nSPS) is 10.3. The summed E-state index contributed by atoms with van der Waals surface area (Å²) in [7, 11) is 0. The van der Waals surface area contributed by atoms with Gasteiger partial charge in [0.1, 0.15) is 23.3 Å². The van der Waals surface area contributed by atoms with Crippen molar-refractivity contribution < 1.29 is 9.53 Å². The summed E-state index contributed by atoms with van der Waals surface area (Å²) in [6.07, 6.45) is 3.87. The highest BCUT2D eigenvalue weighted by Crippen LogP contribution is 2.31. The van der Waals surface area contributed by atoms with Crippen LogP contribution in [-0.4, -0.2) is 16.4 Å². The van der Waals surface area contributed by atoms with Gasteiger partial charge in [0.15, 0.2) is 0 Å². The molecule has 0 aliphatic carbocycles. The molecule has 30 heavy (non-hydrogen) atoms. The summed E-state index contributed by atoms with van der Waals surface area (Å²) in [6, 6.07) is 19.4. The minimum Gasteiger partial charge on any atom is -0.457 e. The van der Waals surface area contributed by atoms with Gasteiger partial charge < -0.3 is 4.74 Å². The van der Waals surface area contributed by atoms with E-state index in [-0.39, 0.29) is 5.69 Å². The van der Waals surface area contributed by atoms with Gasteiger partial charge in [-0.25, -0.2) is 9.99 Å². The Hall–Kier alpha value is -4.15. The van der Waals surface area contributed by atoms with Gasteiger partial charge in [-0.05, 0) is 42.5 Å². The Labute approximate surface area is 177 Å². The fourth-order valence-electron chi connectivity index (χ4n) is 2.82. The van der Waals surface area contributed by atoms with E-state index < -0.39 is 0 Å². The van der Waals surface area contributed by atoms with Gasteiger partial charge in [0.05, 0.1) is 21.9 Å². The summed E-state index contributed by atoms with van der Waals surface area (Å²) < 4.78 is 5.73. The van der Waals surface area contributed by atoms with Gasteiger partial charge in [0.2, 0.25) is 6.41 Å². The largest absolute Gasteiger partial charge is 0.457 e. The Morgan fingerprint density at radius 1 is 1.03 bits per heavy atom. The SMILES string of the molecule is N#Cc1cc(Oc2ccc(NN(C=O)c3ccc4ncccc4c3)c(Cl)c2)ccn1. The lowest BCUT2D eigenvalue weighted by Crippen LogP contribution is -2.28. The number of benzene rings is 2. The van der Waals surface area contributed by atoms with Crippen LogP contribution in [0.15, 0.2) is 73.1 Å². The summed E-state index contributed by atoms with van der Waals surface area (Å²) >= 11 is 6.38. The predicted molar refractivity (Wildman–Crippen MR) is 114 cm³/mol. The van der Waals surface area contributed by atoms with Crippen molar-refractivity contribution in [3.05, 3.63) is 83.8 Å². The molecule has 0 fully saturated rings. The Balaban J connectivity index is 1.54. The molecule has 8 heteroatoms. The fourth-order valence-corrected chi connectivity index (χ4v) is 3.03. The van der Waals surface area contributed by atoms with Crippen LogP contribution in [0.4, 0.5) is 11.4 Å². The van der Waals surface area contributed by atoms with Crippen LogP contribution in [0.1, 0.15) is 5.69 Å². The number of hydrogen-bond acceptors (Lipinski definition) is 6. The second kappa shape index (κ2) is 8.47. The smallest absolute Gasteiger partial charge is 0.232 e. The number of rotatable bonds is 6. The van der Waals surface area contributed by atoms with Gasteiger partial charge in [-0.15, -0.1) is 0 Å². The molecule has 146 valence electrons. The maximum atomic E-state index is 11.7. The number of hydrazine groups is 1. The number of anilines is 2. The maximum Gasteiger partial charge on any atom is 0.232 e. The van der Waals surface area contributed by atoms with Crippen molar-refractivity contribution in [3.8, 4) is 17.6 Å².